The lowest BCUT2D eigenvalue weighted by Gasteiger charge is -2.17. The Morgan fingerprint density at radius 3 is 2.61 bits per heavy atom. The molecule has 3 aromatic rings. The second-order valence-electron chi connectivity index (χ2n) is 7.06. The highest BCUT2D eigenvalue weighted by atomic mass is 16.4. The van der Waals surface area contributed by atoms with E-state index in [1.54, 1.807) is 36.5 Å². The van der Waals surface area contributed by atoms with Gasteiger partial charge in [-0.2, -0.15) is 0 Å². The van der Waals surface area contributed by atoms with E-state index in [-0.39, 0.29) is 6.03 Å². The summed E-state index contributed by atoms with van der Waals surface area (Å²) in [6.07, 6.45) is 2.99. The highest BCUT2D eigenvalue weighted by Gasteiger charge is 2.08. The number of urea groups is 1. The Balaban J connectivity index is 1.56. The molecule has 0 aliphatic heterocycles. The number of carbonyl (C=O) groups is 2. The number of fused-ring (bicyclic) bond motifs is 1. The van der Waals surface area contributed by atoms with E-state index in [9.17, 15) is 14.7 Å². The molecule has 2 heterocycles. The van der Waals surface area contributed by atoms with Crippen LogP contribution in [0.1, 0.15) is 20.3 Å². The molecule has 9 nitrogen and oxygen atoms in total. The monoisotopic (exact) mass is 424 g/mol. The quantitative estimate of drug-likeness (QED) is 0.384. The van der Waals surface area contributed by atoms with Crippen molar-refractivity contribution in [2.24, 2.45) is 0 Å². The predicted molar refractivity (Wildman–Crippen MR) is 122 cm³/mol. The summed E-state index contributed by atoms with van der Waals surface area (Å²) in [7, 11) is 0. The zero-order valence-corrected chi connectivity index (χ0v) is 17.8. The molecule has 1 aromatic carbocycles. The van der Waals surface area contributed by atoms with Crippen LogP contribution in [0, 0.1) is 0 Å². The van der Waals surface area contributed by atoms with E-state index >= 15 is 0 Å². The number of rotatable bonds is 9. The Morgan fingerprint density at radius 2 is 1.87 bits per heavy atom. The van der Waals surface area contributed by atoms with Crippen molar-refractivity contribution in [3.8, 4) is 0 Å². The number of hydrogen-bond acceptors (Lipinski definition) is 5. The molecule has 2 amide bonds. The molecular weight excluding hydrogens is 396 g/mol. The minimum absolute atomic E-state index is 0.291. The minimum atomic E-state index is -1.02. The Morgan fingerprint density at radius 1 is 1.10 bits per heavy atom. The highest BCUT2D eigenvalue weighted by molar-refractivity contribution is 5.91. The summed E-state index contributed by atoms with van der Waals surface area (Å²) in [5.41, 5.74) is 2.17. The normalized spacial score (nSPS) is 10.9. The van der Waals surface area contributed by atoms with Crippen molar-refractivity contribution < 1.29 is 14.7 Å². The molecule has 3 rings (SSSR count). The van der Waals surface area contributed by atoms with Gasteiger partial charge in [0.15, 0.2) is 0 Å². The van der Waals surface area contributed by atoms with E-state index < -0.39 is 6.09 Å². The maximum absolute atomic E-state index is 12.1. The van der Waals surface area contributed by atoms with Crippen LogP contribution >= 0.6 is 0 Å². The van der Waals surface area contributed by atoms with Crippen molar-refractivity contribution in [3.63, 3.8) is 0 Å². The smallest absolute Gasteiger partial charge is 0.415 e. The van der Waals surface area contributed by atoms with Crippen molar-refractivity contribution >= 4 is 40.2 Å². The summed E-state index contributed by atoms with van der Waals surface area (Å²) in [6, 6.07) is 10.4. The third kappa shape index (κ3) is 5.95. The van der Waals surface area contributed by atoms with Crippen LogP contribution in [0.2, 0.25) is 0 Å². The molecule has 0 radical (unpaired) electrons. The summed E-state index contributed by atoms with van der Waals surface area (Å²) in [4.78, 5) is 29.8. The lowest BCUT2D eigenvalue weighted by atomic mass is 10.2. The topological polar surface area (TPSA) is 112 Å². The average molecular weight is 425 g/mol. The van der Waals surface area contributed by atoms with Gasteiger partial charge in [0.2, 0.25) is 0 Å². The molecule has 0 unspecified atom stereocenters. The predicted octanol–water partition coefficient (Wildman–Crippen LogP) is 4.16. The first-order chi connectivity index (χ1) is 15.0. The minimum Gasteiger partial charge on any atom is -0.464 e. The van der Waals surface area contributed by atoms with Gasteiger partial charge in [0.1, 0.15) is 5.82 Å². The molecule has 2 aromatic heterocycles. The fraction of sp³-hybridized carbons (Fsp3) is 0.318. The Labute approximate surface area is 181 Å². The standard InChI is InChI=1S/C22H28N6O3/c1-3-27(4-2)12-5-10-24-21(29)26-20-15-18(8-11-23-20)25-17-6-7-19-16(14-17)9-13-28(19)22(30)31/h6-9,11,13-15H,3-5,10,12H2,1-2H3,(H,30,31)(H3,23,24,25,26,29). The van der Waals surface area contributed by atoms with E-state index in [2.05, 4.69) is 39.7 Å². The molecular formula is C22H28N6O3. The van der Waals surface area contributed by atoms with Crippen molar-refractivity contribution in [3.05, 3.63) is 48.8 Å². The number of anilines is 3. The number of carboxylic acid groups (broad SMARTS) is 1. The molecule has 0 aliphatic rings. The Hall–Kier alpha value is -3.59. The Kier molecular flexibility index (Phi) is 7.45. The fourth-order valence-corrected chi connectivity index (χ4v) is 3.34. The van der Waals surface area contributed by atoms with E-state index in [1.165, 1.54) is 10.8 Å². The van der Waals surface area contributed by atoms with Gasteiger partial charge in [-0.15, -0.1) is 0 Å². The Bertz CT molecular complexity index is 1040. The average Bonchev–Trinajstić information content (AvgIpc) is 3.18. The molecule has 31 heavy (non-hydrogen) atoms. The number of benzene rings is 1. The van der Waals surface area contributed by atoms with Crippen molar-refractivity contribution in [1.82, 2.24) is 19.8 Å². The number of nitrogens with one attached hydrogen (secondary N) is 3. The molecule has 0 bridgehead atoms. The van der Waals surface area contributed by atoms with Crippen LogP contribution in [0.15, 0.2) is 48.8 Å². The molecule has 0 spiro atoms. The first kappa shape index (κ1) is 22.1. The van der Waals surface area contributed by atoms with Crippen LogP contribution in [0.25, 0.3) is 10.9 Å². The molecule has 0 atom stereocenters. The summed E-state index contributed by atoms with van der Waals surface area (Å²) >= 11 is 0. The number of nitrogens with zero attached hydrogens (tertiary/aromatic N) is 3. The molecule has 0 saturated heterocycles. The summed E-state index contributed by atoms with van der Waals surface area (Å²) in [5.74, 6) is 0.435. The number of pyridine rings is 1. The van der Waals surface area contributed by atoms with Gasteiger partial charge in [-0.25, -0.2) is 14.6 Å². The molecule has 0 saturated carbocycles. The number of hydrogen-bond donors (Lipinski definition) is 4. The molecule has 9 heteroatoms. The van der Waals surface area contributed by atoms with Gasteiger partial charge in [-0.3, -0.25) is 9.88 Å². The van der Waals surface area contributed by atoms with Gasteiger partial charge in [-0.1, -0.05) is 13.8 Å². The highest BCUT2D eigenvalue weighted by Crippen LogP contribution is 2.24. The van der Waals surface area contributed by atoms with Gasteiger partial charge >= 0.3 is 12.1 Å². The second-order valence-corrected chi connectivity index (χ2v) is 7.06. The first-order valence-corrected chi connectivity index (χ1v) is 10.3. The van der Waals surface area contributed by atoms with Gasteiger partial charge in [-0.05, 0) is 56.4 Å². The molecule has 4 N–H and O–H groups in total. The number of carbonyl (C=O) groups excluding carboxylic acids is 1. The SMILES string of the molecule is CCN(CC)CCCNC(=O)Nc1cc(Nc2ccc3c(ccn3C(=O)O)c2)ccn1. The lowest BCUT2D eigenvalue weighted by Crippen LogP contribution is -2.32. The largest absolute Gasteiger partial charge is 0.464 e. The van der Waals surface area contributed by atoms with E-state index in [0.29, 0.717) is 17.9 Å². The van der Waals surface area contributed by atoms with Gasteiger partial charge < -0.3 is 20.6 Å². The van der Waals surface area contributed by atoms with Crippen LogP contribution in [-0.2, 0) is 0 Å². The molecule has 164 valence electrons. The third-order valence-electron chi connectivity index (χ3n) is 5.02. The summed E-state index contributed by atoms with van der Waals surface area (Å²) < 4.78 is 1.17. The third-order valence-corrected chi connectivity index (χ3v) is 5.02. The van der Waals surface area contributed by atoms with E-state index in [4.69, 9.17) is 0 Å². The number of aromatic nitrogens is 2. The van der Waals surface area contributed by atoms with Crippen molar-refractivity contribution in [2.75, 3.05) is 36.8 Å². The van der Waals surface area contributed by atoms with Gasteiger partial charge in [0.05, 0.1) is 5.52 Å². The maximum Gasteiger partial charge on any atom is 0.415 e. The van der Waals surface area contributed by atoms with Crippen molar-refractivity contribution in [2.45, 2.75) is 20.3 Å². The van der Waals surface area contributed by atoms with Gasteiger partial charge in [0.25, 0.3) is 0 Å². The van der Waals surface area contributed by atoms with E-state index in [0.717, 1.165) is 42.8 Å². The maximum atomic E-state index is 12.1. The molecule has 0 aliphatic carbocycles. The van der Waals surface area contributed by atoms with E-state index in [1.807, 2.05) is 6.07 Å². The van der Waals surface area contributed by atoms with Crippen LogP contribution in [0.4, 0.5) is 26.8 Å². The van der Waals surface area contributed by atoms with Crippen LogP contribution in [0.5, 0.6) is 0 Å². The molecule has 0 fully saturated rings. The first-order valence-electron chi connectivity index (χ1n) is 10.3. The second kappa shape index (κ2) is 10.4. The number of amides is 2. The fourth-order valence-electron chi connectivity index (χ4n) is 3.34. The summed E-state index contributed by atoms with van der Waals surface area (Å²) in [5, 5.41) is 18.8. The van der Waals surface area contributed by atoms with Crippen LogP contribution in [0.3, 0.4) is 0 Å². The summed E-state index contributed by atoms with van der Waals surface area (Å²) in [6.45, 7) is 7.80. The van der Waals surface area contributed by atoms with Crippen molar-refractivity contribution in [1.29, 1.82) is 0 Å². The van der Waals surface area contributed by atoms with Crippen LogP contribution < -0.4 is 16.0 Å². The van der Waals surface area contributed by atoms with Crippen LogP contribution in [-0.4, -0.2) is 57.9 Å². The van der Waals surface area contributed by atoms with Gasteiger partial charge in [0, 0.05) is 41.8 Å². The zero-order chi connectivity index (χ0) is 22.2. The zero-order valence-electron chi connectivity index (χ0n) is 17.8. The lowest BCUT2D eigenvalue weighted by molar-refractivity contribution is 0.197.